The number of carbonyl (C=O) groups excluding carboxylic acids is 1. The molecule has 1 aromatic heterocycles. The summed E-state index contributed by atoms with van der Waals surface area (Å²) in [4.78, 5) is 15.3. The van der Waals surface area contributed by atoms with E-state index in [1.807, 2.05) is 11.5 Å². The number of likely N-dealkylation sites (tertiary alicyclic amines) is 1. The Labute approximate surface area is 194 Å². The van der Waals surface area contributed by atoms with Gasteiger partial charge in [-0.3, -0.25) is 14.3 Å². The van der Waals surface area contributed by atoms with Gasteiger partial charge in [0.25, 0.3) is 0 Å². The van der Waals surface area contributed by atoms with Gasteiger partial charge in [-0.1, -0.05) is 37.9 Å². The fourth-order valence-corrected chi connectivity index (χ4v) is 5.58. The molecule has 0 bridgehead atoms. The third-order valence-corrected chi connectivity index (χ3v) is 7.73. The molecule has 8 heteroatoms. The Bertz CT molecular complexity index is 896. The number of rotatable bonds is 7. The van der Waals surface area contributed by atoms with Crippen LogP contribution in [0.15, 0.2) is 29.4 Å². The van der Waals surface area contributed by atoms with Crippen molar-refractivity contribution in [2.24, 2.45) is 5.92 Å². The number of thioether (sulfide) groups is 1. The zero-order valence-corrected chi connectivity index (χ0v) is 19.9. The highest BCUT2D eigenvalue weighted by Crippen LogP contribution is 2.28. The Morgan fingerprint density at radius 1 is 1.12 bits per heavy atom. The van der Waals surface area contributed by atoms with Gasteiger partial charge in [0, 0.05) is 11.7 Å². The maximum atomic E-state index is 13.6. The van der Waals surface area contributed by atoms with Crippen molar-refractivity contribution in [1.29, 1.82) is 0 Å². The van der Waals surface area contributed by atoms with Crippen LogP contribution in [0.1, 0.15) is 64.6 Å². The van der Waals surface area contributed by atoms with Gasteiger partial charge in [-0.15, -0.1) is 10.2 Å². The number of aromatic nitrogens is 3. The third-order valence-electron chi connectivity index (χ3n) is 6.69. The normalized spacial score (nSPS) is 23.1. The lowest BCUT2D eigenvalue weighted by molar-refractivity contribution is -0.121. The maximum Gasteiger partial charge on any atom is 0.233 e. The lowest BCUT2D eigenvalue weighted by Gasteiger charge is -2.30. The molecule has 1 N–H and O–H groups in total. The summed E-state index contributed by atoms with van der Waals surface area (Å²) in [6, 6.07) is 6.65. The summed E-state index contributed by atoms with van der Waals surface area (Å²) in [5.41, 5.74) is 0.819. The minimum absolute atomic E-state index is 0.0417. The lowest BCUT2D eigenvalue weighted by atomic mass is 9.86. The fourth-order valence-electron chi connectivity index (χ4n) is 4.69. The van der Waals surface area contributed by atoms with Gasteiger partial charge in [0.1, 0.15) is 5.82 Å². The predicted molar refractivity (Wildman–Crippen MR) is 125 cm³/mol. The molecule has 1 aliphatic carbocycles. The monoisotopic (exact) mass is 459 g/mol. The molecule has 2 aromatic rings. The minimum Gasteiger partial charge on any atom is -0.352 e. The van der Waals surface area contributed by atoms with E-state index >= 15 is 0 Å². The number of amides is 1. The van der Waals surface area contributed by atoms with Crippen LogP contribution in [-0.2, 0) is 11.3 Å². The lowest BCUT2D eigenvalue weighted by Crippen LogP contribution is -2.44. The van der Waals surface area contributed by atoms with Gasteiger partial charge in [-0.05, 0) is 75.9 Å². The van der Waals surface area contributed by atoms with Gasteiger partial charge in [0.2, 0.25) is 5.91 Å². The summed E-state index contributed by atoms with van der Waals surface area (Å²) in [5, 5.41) is 12.5. The number of hydrogen-bond donors (Lipinski definition) is 1. The Morgan fingerprint density at radius 3 is 2.56 bits per heavy atom. The largest absolute Gasteiger partial charge is 0.352 e. The number of halogens is 1. The summed E-state index contributed by atoms with van der Waals surface area (Å²) in [6.07, 6.45) is 8.32. The molecule has 3 unspecified atom stereocenters. The zero-order valence-electron chi connectivity index (χ0n) is 19.1. The van der Waals surface area contributed by atoms with E-state index < -0.39 is 0 Å². The van der Waals surface area contributed by atoms with E-state index in [9.17, 15) is 9.18 Å². The molecule has 1 aromatic carbocycles. The first-order valence-electron chi connectivity index (χ1n) is 11.9. The minimum atomic E-state index is -0.296. The quantitative estimate of drug-likeness (QED) is 0.615. The molecule has 174 valence electrons. The molecule has 1 saturated carbocycles. The standard InChI is InChI=1S/C24H34FN5OS/c1-17-8-4-5-9-21(17)26-23(31)18(2)32-24-28-27-22(16-29-14-6-3-7-15-29)30(24)20-12-10-19(25)11-13-20/h10-13,17-18,21H,3-9,14-16H2,1-2H3,(H,26,31). The maximum absolute atomic E-state index is 13.6. The topological polar surface area (TPSA) is 63.1 Å². The van der Waals surface area contributed by atoms with Crippen LogP contribution in [0.25, 0.3) is 5.69 Å². The third kappa shape index (κ3) is 5.70. The second-order valence-electron chi connectivity index (χ2n) is 9.18. The molecule has 2 fully saturated rings. The molecule has 0 spiro atoms. The van der Waals surface area contributed by atoms with E-state index in [0.29, 0.717) is 17.6 Å². The van der Waals surface area contributed by atoms with Crippen molar-refractivity contribution < 1.29 is 9.18 Å². The van der Waals surface area contributed by atoms with E-state index in [2.05, 4.69) is 27.3 Å². The zero-order chi connectivity index (χ0) is 22.5. The Balaban J connectivity index is 1.51. The number of hydrogen-bond acceptors (Lipinski definition) is 5. The molecule has 1 saturated heterocycles. The number of benzene rings is 1. The Morgan fingerprint density at radius 2 is 1.84 bits per heavy atom. The first-order chi connectivity index (χ1) is 15.5. The van der Waals surface area contributed by atoms with Crippen LogP contribution in [0.3, 0.4) is 0 Å². The van der Waals surface area contributed by atoms with Gasteiger partial charge >= 0.3 is 0 Å². The van der Waals surface area contributed by atoms with Crippen LogP contribution in [0.5, 0.6) is 0 Å². The van der Waals surface area contributed by atoms with Crippen LogP contribution < -0.4 is 5.32 Å². The Kier molecular flexibility index (Phi) is 7.84. The summed E-state index contributed by atoms with van der Waals surface area (Å²) in [6.45, 7) is 6.95. The number of carbonyl (C=O) groups is 1. The molecule has 2 heterocycles. The van der Waals surface area contributed by atoms with E-state index in [1.54, 1.807) is 12.1 Å². The highest BCUT2D eigenvalue weighted by molar-refractivity contribution is 8.00. The van der Waals surface area contributed by atoms with Crippen molar-refractivity contribution in [2.75, 3.05) is 13.1 Å². The molecule has 3 atom stereocenters. The molecule has 0 radical (unpaired) electrons. The van der Waals surface area contributed by atoms with Crippen LogP contribution >= 0.6 is 11.8 Å². The number of nitrogens with one attached hydrogen (secondary N) is 1. The second kappa shape index (κ2) is 10.8. The summed E-state index contributed by atoms with van der Waals surface area (Å²) in [5.74, 6) is 1.11. The van der Waals surface area contributed by atoms with Crippen molar-refractivity contribution in [3.63, 3.8) is 0 Å². The fraction of sp³-hybridized carbons (Fsp3) is 0.625. The number of nitrogens with zero attached hydrogens (tertiary/aromatic N) is 4. The summed E-state index contributed by atoms with van der Waals surface area (Å²) in [7, 11) is 0. The molecule has 6 nitrogen and oxygen atoms in total. The van der Waals surface area contributed by atoms with Gasteiger partial charge in [-0.25, -0.2) is 4.39 Å². The van der Waals surface area contributed by atoms with Crippen molar-refractivity contribution in [1.82, 2.24) is 25.0 Å². The van der Waals surface area contributed by atoms with Crippen LogP contribution in [0, 0.1) is 11.7 Å². The molecule has 1 aliphatic heterocycles. The van der Waals surface area contributed by atoms with E-state index in [-0.39, 0.29) is 23.0 Å². The second-order valence-corrected chi connectivity index (χ2v) is 10.5. The summed E-state index contributed by atoms with van der Waals surface area (Å²) >= 11 is 1.42. The van der Waals surface area contributed by atoms with E-state index in [1.165, 1.54) is 62.4 Å². The van der Waals surface area contributed by atoms with Crippen molar-refractivity contribution in [2.45, 2.75) is 81.8 Å². The SMILES string of the molecule is CC(Sc1nnc(CN2CCCCC2)n1-c1ccc(F)cc1)C(=O)NC1CCCCC1C. The predicted octanol–water partition coefficient (Wildman–Crippen LogP) is 4.57. The molecule has 1 amide bonds. The molecule has 2 aliphatic rings. The smallest absolute Gasteiger partial charge is 0.233 e. The van der Waals surface area contributed by atoms with E-state index in [0.717, 1.165) is 31.0 Å². The van der Waals surface area contributed by atoms with Gasteiger partial charge in [0.15, 0.2) is 11.0 Å². The molecule has 32 heavy (non-hydrogen) atoms. The van der Waals surface area contributed by atoms with Crippen molar-refractivity contribution >= 4 is 17.7 Å². The molecule has 4 rings (SSSR count). The van der Waals surface area contributed by atoms with Gasteiger partial charge in [0.05, 0.1) is 11.8 Å². The summed E-state index contributed by atoms with van der Waals surface area (Å²) < 4.78 is 15.5. The van der Waals surface area contributed by atoms with E-state index in [4.69, 9.17) is 0 Å². The van der Waals surface area contributed by atoms with Crippen molar-refractivity contribution in [3.05, 3.63) is 35.9 Å². The van der Waals surface area contributed by atoms with Gasteiger partial charge in [-0.2, -0.15) is 0 Å². The van der Waals surface area contributed by atoms with Crippen molar-refractivity contribution in [3.8, 4) is 5.69 Å². The highest BCUT2D eigenvalue weighted by atomic mass is 32.2. The van der Waals surface area contributed by atoms with Gasteiger partial charge < -0.3 is 5.32 Å². The average Bonchev–Trinajstić information content (AvgIpc) is 3.18. The first-order valence-corrected chi connectivity index (χ1v) is 12.8. The number of piperidine rings is 1. The molecular formula is C24H34FN5OS. The molecular weight excluding hydrogens is 425 g/mol. The van der Waals surface area contributed by atoms with Crippen LogP contribution in [-0.4, -0.2) is 50.0 Å². The highest BCUT2D eigenvalue weighted by Gasteiger charge is 2.27. The van der Waals surface area contributed by atoms with Crippen LogP contribution in [0.2, 0.25) is 0 Å². The first kappa shape index (κ1) is 23.2. The Hall–Kier alpha value is -1.93. The average molecular weight is 460 g/mol. The van der Waals surface area contributed by atoms with Crippen LogP contribution in [0.4, 0.5) is 4.39 Å².